The number of carbonyl (C=O) groups excluding carboxylic acids is 1. The number of halogens is 3. The van der Waals surface area contributed by atoms with Crippen molar-refractivity contribution in [1.82, 2.24) is 0 Å². The average Bonchev–Trinajstić information content (AvgIpc) is 2.28. The van der Waals surface area contributed by atoms with Crippen LogP contribution in [-0.2, 0) is 9.53 Å². The molecule has 0 unspecified atom stereocenters. The number of ketones is 1. The first-order chi connectivity index (χ1) is 7.95. The van der Waals surface area contributed by atoms with Gasteiger partial charge in [0.15, 0.2) is 0 Å². The molecule has 1 aliphatic rings. The molecule has 5 heteroatoms. The summed E-state index contributed by atoms with van der Waals surface area (Å²) in [4.78, 5) is 11.7. The van der Waals surface area contributed by atoms with Gasteiger partial charge in [-0.1, -0.05) is 0 Å². The van der Waals surface area contributed by atoms with Gasteiger partial charge in [0.2, 0.25) is 0 Å². The minimum absolute atomic E-state index is 0.0997. The van der Waals surface area contributed by atoms with Crippen LogP contribution in [0.3, 0.4) is 0 Å². The number of hydrogen-bond donors (Lipinski definition) is 0. The maximum atomic E-state index is 12.4. The molecule has 2 nitrogen and oxygen atoms in total. The predicted octanol–water partition coefficient (Wildman–Crippen LogP) is 3.35. The Morgan fingerprint density at radius 2 is 1.82 bits per heavy atom. The number of ether oxygens (including phenoxy) is 1. The highest BCUT2D eigenvalue weighted by atomic mass is 19.4. The number of methoxy groups -OCH3 is 1. The van der Waals surface area contributed by atoms with Crippen LogP contribution in [0.5, 0.6) is 0 Å². The van der Waals surface area contributed by atoms with Gasteiger partial charge >= 0.3 is 6.18 Å². The Morgan fingerprint density at radius 3 is 2.29 bits per heavy atom. The summed E-state index contributed by atoms with van der Waals surface area (Å²) in [6.07, 6.45) is -2.03. The molecule has 0 aromatic rings. The summed E-state index contributed by atoms with van der Waals surface area (Å²) in [7, 11) is 1.57. The molecule has 0 saturated heterocycles. The molecule has 0 spiro atoms. The Morgan fingerprint density at radius 1 is 1.24 bits per heavy atom. The van der Waals surface area contributed by atoms with E-state index in [1.165, 1.54) is 0 Å². The van der Waals surface area contributed by atoms with Gasteiger partial charge in [-0.25, -0.2) is 0 Å². The molecule has 0 aliphatic heterocycles. The smallest absolute Gasteiger partial charge is 0.385 e. The fourth-order valence-electron chi connectivity index (χ4n) is 2.34. The molecule has 0 amide bonds. The van der Waals surface area contributed by atoms with E-state index in [0.717, 1.165) is 0 Å². The van der Waals surface area contributed by atoms with Gasteiger partial charge in [0.05, 0.1) is 5.92 Å². The van der Waals surface area contributed by atoms with E-state index in [2.05, 4.69) is 0 Å². The Hall–Kier alpha value is -0.580. The molecule has 17 heavy (non-hydrogen) atoms. The molecule has 0 N–H and O–H groups in total. The number of rotatable bonds is 5. The third-order valence-electron chi connectivity index (χ3n) is 3.42. The molecule has 0 aromatic carbocycles. The minimum Gasteiger partial charge on any atom is -0.385 e. The fourth-order valence-corrected chi connectivity index (χ4v) is 2.34. The molecule has 0 bridgehead atoms. The highest BCUT2D eigenvalue weighted by molar-refractivity contribution is 5.81. The van der Waals surface area contributed by atoms with Gasteiger partial charge in [0.1, 0.15) is 5.78 Å². The maximum absolute atomic E-state index is 12.4. The Balaban J connectivity index is 2.29. The molecule has 0 atom stereocenters. The van der Waals surface area contributed by atoms with Crippen molar-refractivity contribution in [3.05, 3.63) is 0 Å². The van der Waals surface area contributed by atoms with E-state index in [9.17, 15) is 18.0 Å². The molecule has 100 valence electrons. The highest BCUT2D eigenvalue weighted by Crippen LogP contribution is 2.39. The Bertz CT molecular complexity index is 243. The van der Waals surface area contributed by atoms with E-state index in [1.807, 2.05) is 0 Å². The molecular weight excluding hydrogens is 233 g/mol. The molecule has 0 aromatic heterocycles. The van der Waals surface area contributed by atoms with Crippen molar-refractivity contribution in [3.63, 3.8) is 0 Å². The lowest BCUT2D eigenvalue weighted by Crippen LogP contribution is -2.30. The Labute approximate surface area is 99.5 Å². The zero-order valence-corrected chi connectivity index (χ0v) is 10.1. The lowest BCUT2D eigenvalue weighted by Gasteiger charge is -2.29. The van der Waals surface area contributed by atoms with Crippen LogP contribution in [0.4, 0.5) is 13.2 Å². The molecular formula is C12H19F3O2. The molecule has 1 rings (SSSR count). The second-order valence-electron chi connectivity index (χ2n) is 4.65. The third kappa shape index (κ3) is 4.66. The van der Waals surface area contributed by atoms with Crippen LogP contribution in [-0.4, -0.2) is 25.7 Å². The van der Waals surface area contributed by atoms with Crippen LogP contribution in [0.2, 0.25) is 0 Å². The molecule has 1 aliphatic carbocycles. The maximum Gasteiger partial charge on any atom is 0.391 e. The van der Waals surface area contributed by atoms with Gasteiger partial charge in [-0.2, -0.15) is 13.2 Å². The monoisotopic (exact) mass is 252 g/mol. The van der Waals surface area contributed by atoms with Crippen molar-refractivity contribution < 1.29 is 22.7 Å². The van der Waals surface area contributed by atoms with Crippen LogP contribution in [0.25, 0.3) is 0 Å². The van der Waals surface area contributed by atoms with Crippen molar-refractivity contribution in [1.29, 1.82) is 0 Å². The first kappa shape index (κ1) is 14.5. The van der Waals surface area contributed by atoms with Gasteiger partial charge in [-0.05, 0) is 32.1 Å². The highest BCUT2D eigenvalue weighted by Gasteiger charge is 2.42. The largest absolute Gasteiger partial charge is 0.391 e. The second-order valence-corrected chi connectivity index (χ2v) is 4.65. The van der Waals surface area contributed by atoms with Crippen LogP contribution >= 0.6 is 0 Å². The first-order valence-electron chi connectivity index (χ1n) is 6.03. The second kappa shape index (κ2) is 6.38. The summed E-state index contributed by atoms with van der Waals surface area (Å²) >= 11 is 0. The SMILES string of the molecule is COCCCC(=O)C1CCC(C(F)(F)F)CC1. The van der Waals surface area contributed by atoms with Crippen LogP contribution < -0.4 is 0 Å². The van der Waals surface area contributed by atoms with Gasteiger partial charge < -0.3 is 4.74 Å². The quantitative estimate of drug-likeness (QED) is 0.701. The van der Waals surface area contributed by atoms with E-state index in [4.69, 9.17) is 4.74 Å². The van der Waals surface area contributed by atoms with Gasteiger partial charge in [0, 0.05) is 26.1 Å². The minimum atomic E-state index is -4.09. The first-order valence-corrected chi connectivity index (χ1v) is 6.03. The number of Topliss-reactive ketones (excluding diaryl/α,β-unsaturated/α-hetero) is 1. The van der Waals surface area contributed by atoms with E-state index in [1.54, 1.807) is 7.11 Å². The van der Waals surface area contributed by atoms with Crippen molar-refractivity contribution in [2.75, 3.05) is 13.7 Å². The van der Waals surface area contributed by atoms with E-state index < -0.39 is 12.1 Å². The zero-order valence-electron chi connectivity index (χ0n) is 10.1. The van der Waals surface area contributed by atoms with Crippen LogP contribution in [0.1, 0.15) is 38.5 Å². The van der Waals surface area contributed by atoms with Crippen LogP contribution in [0, 0.1) is 11.8 Å². The zero-order chi connectivity index (χ0) is 12.9. The summed E-state index contributed by atoms with van der Waals surface area (Å²) in [6.45, 7) is 0.531. The van der Waals surface area contributed by atoms with Crippen molar-refractivity contribution in [3.8, 4) is 0 Å². The number of hydrogen-bond acceptors (Lipinski definition) is 2. The summed E-state index contributed by atoms with van der Waals surface area (Å²) in [6, 6.07) is 0. The normalized spacial score (nSPS) is 25.9. The van der Waals surface area contributed by atoms with E-state index >= 15 is 0 Å². The Kier molecular flexibility index (Phi) is 5.43. The molecule has 0 heterocycles. The van der Waals surface area contributed by atoms with Crippen molar-refractivity contribution in [2.45, 2.75) is 44.7 Å². The lowest BCUT2D eigenvalue weighted by molar-refractivity contribution is -0.184. The summed E-state index contributed by atoms with van der Waals surface area (Å²) in [5, 5.41) is 0. The van der Waals surface area contributed by atoms with E-state index in [-0.39, 0.29) is 24.5 Å². The summed E-state index contributed by atoms with van der Waals surface area (Å²) in [5.41, 5.74) is 0. The standard InChI is InChI=1S/C12H19F3O2/c1-17-8-2-3-11(16)9-4-6-10(7-5-9)12(13,14)15/h9-10H,2-8H2,1H3. The third-order valence-corrected chi connectivity index (χ3v) is 3.42. The average molecular weight is 252 g/mol. The van der Waals surface area contributed by atoms with Crippen LogP contribution in [0.15, 0.2) is 0 Å². The molecule has 1 fully saturated rings. The van der Waals surface area contributed by atoms with Crippen molar-refractivity contribution in [2.24, 2.45) is 11.8 Å². The fraction of sp³-hybridized carbons (Fsp3) is 0.917. The summed E-state index contributed by atoms with van der Waals surface area (Å²) in [5.74, 6) is -1.27. The molecule has 0 radical (unpaired) electrons. The predicted molar refractivity (Wildman–Crippen MR) is 57.6 cm³/mol. The summed E-state index contributed by atoms with van der Waals surface area (Å²) < 4.78 is 42.1. The number of alkyl halides is 3. The van der Waals surface area contributed by atoms with Gasteiger partial charge in [-0.3, -0.25) is 4.79 Å². The number of carbonyl (C=O) groups is 1. The van der Waals surface area contributed by atoms with E-state index in [0.29, 0.717) is 32.3 Å². The van der Waals surface area contributed by atoms with Gasteiger partial charge in [-0.15, -0.1) is 0 Å². The van der Waals surface area contributed by atoms with Crippen molar-refractivity contribution >= 4 is 5.78 Å². The lowest BCUT2D eigenvalue weighted by atomic mass is 9.79. The van der Waals surface area contributed by atoms with Gasteiger partial charge in [0.25, 0.3) is 0 Å². The topological polar surface area (TPSA) is 26.3 Å². The molecule has 1 saturated carbocycles.